The minimum absolute atomic E-state index is 0.169. The lowest BCUT2D eigenvalue weighted by atomic mass is 9.83. The van der Waals surface area contributed by atoms with Crippen molar-refractivity contribution in [2.75, 3.05) is 27.2 Å². The van der Waals surface area contributed by atoms with Gasteiger partial charge in [0.05, 0.1) is 25.6 Å². The number of ether oxygens (including phenoxy) is 1. The molecule has 1 amide bonds. The molecule has 21 heavy (non-hydrogen) atoms. The Morgan fingerprint density at radius 2 is 2.00 bits per heavy atom. The smallest absolute Gasteiger partial charge is 0.309 e. The van der Waals surface area contributed by atoms with Crippen molar-refractivity contribution >= 4 is 11.9 Å². The second-order valence-corrected chi connectivity index (χ2v) is 5.92. The van der Waals surface area contributed by atoms with Crippen molar-refractivity contribution in [3.8, 4) is 6.07 Å². The van der Waals surface area contributed by atoms with Crippen LogP contribution in [0.3, 0.4) is 0 Å². The van der Waals surface area contributed by atoms with Crippen molar-refractivity contribution in [3.05, 3.63) is 0 Å². The zero-order valence-corrected chi connectivity index (χ0v) is 13.1. The average molecular weight is 295 g/mol. The van der Waals surface area contributed by atoms with E-state index in [0.29, 0.717) is 6.54 Å². The van der Waals surface area contributed by atoms with Crippen LogP contribution < -0.4 is 5.32 Å². The second kappa shape index (κ2) is 7.99. The molecule has 1 saturated carbocycles. The Kier molecular flexibility index (Phi) is 6.63. The van der Waals surface area contributed by atoms with Crippen LogP contribution in [0.15, 0.2) is 0 Å². The molecule has 6 heteroatoms. The summed E-state index contributed by atoms with van der Waals surface area (Å²) in [7, 11) is 3.13. The third-order valence-electron chi connectivity index (χ3n) is 3.90. The molecule has 0 aromatic carbocycles. The van der Waals surface area contributed by atoms with E-state index in [1.807, 2.05) is 0 Å². The van der Waals surface area contributed by atoms with Gasteiger partial charge in [-0.1, -0.05) is 26.2 Å². The number of methoxy groups -OCH3 is 1. The van der Waals surface area contributed by atoms with E-state index in [1.165, 1.54) is 7.11 Å². The monoisotopic (exact) mass is 295 g/mol. The fourth-order valence-corrected chi connectivity index (χ4v) is 2.78. The highest BCUT2D eigenvalue weighted by Crippen LogP contribution is 2.27. The van der Waals surface area contributed by atoms with Gasteiger partial charge in [-0.25, -0.2) is 0 Å². The number of hydrogen-bond acceptors (Lipinski definition) is 5. The predicted molar refractivity (Wildman–Crippen MR) is 78.2 cm³/mol. The van der Waals surface area contributed by atoms with Gasteiger partial charge in [0.1, 0.15) is 5.54 Å². The van der Waals surface area contributed by atoms with E-state index < -0.39 is 5.54 Å². The number of hydrogen-bond donors (Lipinski definition) is 1. The van der Waals surface area contributed by atoms with E-state index in [1.54, 1.807) is 18.9 Å². The number of amides is 1. The van der Waals surface area contributed by atoms with E-state index in [0.717, 1.165) is 32.1 Å². The molecule has 1 rings (SSSR count). The summed E-state index contributed by atoms with van der Waals surface area (Å²) >= 11 is 0. The number of nitrogens with zero attached hydrogens (tertiary/aromatic N) is 2. The molecule has 0 radical (unpaired) electrons. The molecule has 1 unspecified atom stereocenters. The Morgan fingerprint density at radius 3 is 2.52 bits per heavy atom. The lowest BCUT2D eigenvalue weighted by molar-refractivity contribution is -0.145. The summed E-state index contributed by atoms with van der Waals surface area (Å²) in [6, 6.07) is 2.27. The maximum Gasteiger partial charge on any atom is 0.309 e. The Morgan fingerprint density at radius 1 is 1.38 bits per heavy atom. The molecule has 1 aliphatic rings. The minimum Gasteiger partial charge on any atom is -0.469 e. The zero-order valence-electron chi connectivity index (χ0n) is 13.1. The Labute approximate surface area is 126 Å². The summed E-state index contributed by atoms with van der Waals surface area (Å²) in [4.78, 5) is 25.2. The van der Waals surface area contributed by atoms with Gasteiger partial charge >= 0.3 is 5.97 Å². The van der Waals surface area contributed by atoms with Crippen LogP contribution >= 0.6 is 0 Å². The van der Waals surface area contributed by atoms with E-state index in [9.17, 15) is 14.9 Å². The van der Waals surface area contributed by atoms with E-state index in [4.69, 9.17) is 0 Å². The number of carbonyl (C=O) groups is 2. The number of nitriles is 1. The molecule has 1 fully saturated rings. The molecule has 1 aliphatic carbocycles. The van der Waals surface area contributed by atoms with Crippen molar-refractivity contribution in [3.63, 3.8) is 0 Å². The first-order chi connectivity index (χ1) is 9.92. The molecular weight excluding hydrogens is 270 g/mol. The number of esters is 1. The fourth-order valence-electron chi connectivity index (χ4n) is 2.78. The van der Waals surface area contributed by atoms with Gasteiger partial charge in [0.2, 0.25) is 5.91 Å². The molecule has 0 aromatic heterocycles. The van der Waals surface area contributed by atoms with Gasteiger partial charge in [0.25, 0.3) is 0 Å². The summed E-state index contributed by atoms with van der Waals surface area (Å²) in [6.45, 7) is 2.38. The molecular formula is C15H25N3O3. The number of rotatable bonds is 6. The van der Waals surface area contributed by atoms with Crippen molar-refractivity contribution < 1.29 is 14.3 Å². The molecule has 6 nitrogen and oxygen atoms in total. The highest BCUT2D eigenvalue weighted by Gasteiger charge is 2.33. The van der Waals surface area contributed by atoms with Gasteiger partial charge < -0.3 is 10.1 Å². The van der Waals surface area contributed by atoms with Crippen molar-refractivity contribution in [2.24, 2.45) is 5.92 Å². The minimum atomic E-state index is -0.704. The van der Waals surface area contributed by atoms with Crippen molar-refractivity contribution in [1.29, 1.82) is 5.26 Å². The first kappa shape index (κ1) is 17.4. The molecule has 118 valence electrons. The van der Waals surface area contributed by atoms with Crippen LogP contribution in [0.1, 0.15) is 39.0 Å². The molecule has 0 bridgehead atoms. The largest absolute Gasteiger partial charge is 0.469 e. The molecule has 0 heterocycles. The Bertz CT molecular complexity index is 411. The van der Waals surface area contributed by atoms with Crippen LogP contribution in [-0.4, -0.2) is 49.6 Å². The summed E-state index contributed by atoms with van der Waals surface area (Å²) in [5.74, 6) is -0.742. The third kappa shape index (κ3) is 5.35. The SMILES string of the molecule is COC(=O)C(C)CN(C)CC(=O)NC1(C#N)CCCCC1. The van der Waals surface area contributed by atoms with Gasteiger partial charge in [-0.3, -0.25) is 14.5 Å². The standard InChI is InChI=1S/C15H25N3O3/c1-12(14(20)21-3)9-18(2)10-13(19)17-15(11-16)7-5-4-6-8-15/h12H,4-10H2,1-3H3,(H,17,19). The maximum absolute atomic E-state index is 12.1. The van der Waals surface area contributed by atoms with Crippen LogP contribution in [0, 0.1) is 17.2 Å². The fraction of sp³-hybridized carbons (Fsp3) is 0.800. The molecule has 1 N–H and O–H groups in total. The normalized spacial score (nSPS) is 18.6. The number of likely N-dealkylation sites (N-methyl/N-ethyl adjacent to an activating group) is 1. The number of nitrogens with one attached hydrogen (secondary N) is 1. The topological polar surface area (TPSA) is 82.4 Å². The third-order valence-corrected chi connectivity index (χ3v) is 3.90. The Hall–Kier alpha value is -1.61. The average Bonchev–Trinajstić information content (AvgIpc) is 2.46. The quantitative estimate of drug-likeness (QED) is 0.741. The molecule has 0 saturated heterocycles. The van der Waals surface area contributed by atoms with Gasteiger partial charge in [-0.15, -0.1) is 0 Å². The summed E-state index contributed by atoms with van der Waals surface area (Å²) in [5, 5.41) is 12.2. The highest BCUT2D eigenvalue weighted by molar-refractivity contribution is 5.79. The highest BCUT2D eigenvalue weighted by atomic mass is 16.5. The Balaban J connectivity index is 2.45. The predicted octanol–water partition coefficient (Wildman–Crippen LogP) is 1.07. The zero-order chi connectivity index (χ0) is 15.9. The molecule has 1 atom stereocenters. The van der Waals surface area contributed by atoms with Crippen molar-refractivity contribution in [2.45, 2.75) is 44.6 Å². The maximum atomic E-state index is 12.1. The van der Waals surface area contributed by atoms with Gasteiger partial charge in [0, 0.05) is 6.54 Å². The molecule has 0 aliphatic heterocycles. The van der Waals surface area contributed by atoms with E-state index in [-0.39, 0.29) is 24.3 Å². The van der Waals surface area contributed by atoms with E-state index in [2.05, 4.69) is 16.1 Å². The van der Waals surface area contributed by atoms with E-state index >= 15 is 0 Å². The summed E-state index contributed by atoms with van der Waals surface area (Å²) in [5.41, 5.74) is -0.704. The molecule has 0 spiro atoms. The van der Waals surface area contributed by atoms with Gasteiger partial charge in [-0.2, -0.15) is 5.26 Å². The lowest BCUT2D eigenvalue weighted by Crippen LogP contribution is -2.51. The first-order valence-corrected chi connectivity index (χ1v) is 7.41. The van der Waals surface area contributed by atoms with Crippen LogP contribution in [0.5, 0.6) is 0 Å². The lowest BCUT2D eigenvalue weighted by Gasteiger charge is -2.32. The first-order valence-electron chi connectivity index (χ1n) is 7.41. The van der Waals surface area contributed by atoms with Gasteiger partial charge in [0.15, 0.2) is 0 Å². The van der Waals surface area contributed by atoms with Crippen LogP contribution in [-0.2, 0) is 14.3 Å². The molecule has 0 aromatic rings. The van der Waals surface area contributed by atoms with Crippen LogP contribution in [0.2, 0.25) is 0 Å². The van der Waals surface area contributed by atoms with Crippen molar-refractivity contribution in [1.82, 2.24) is 10.2 Å². The second-order valence-electron chi connectivity index (χ2n) is 5.92. The summed E-state index contributed by atoms with van der Waals surface area (Å²) in [6.07, 6.45) is 4.51. The van der Waals surface area contributed by atoms with Crippen LogP contribution in [0.4, 0.5) is 0 Å². The summed E-state index contributed by atoms with van der Waals surface area (Å²) < 4.78 is 4.66. The number of carbonyl (C=O) groups excluding carboxylic acids is 2. The van der Waals surface area contributed by atoms with Crippen LogP contribution in [0.25, 0.3) is 0 Å². The van der Waals surface area contributed by atoms with Gasteiger partial charge in [-0.05, 0) is 19.9 Å².